The third kappa shape index (κ3) is 3.84. The Labute approximate surface area is 125 Å². The number of alkyl halides is 1. The van der Waals surface area contributed by atoms with Crippen molar-refractivity contribution in [3.05, 3.63) is 47.1 Å². The molecule has 2 N–H and O–H groups in total. The Hall–Kier alpha value is -1.82. The Morgan fingerprint density at radius 2 is 2.00 bits per heavy atom. The number of imidazole rings is 1. The summed E-state index contributed by atoms with van der Waals surface area (Å²) in [5.41, 5.74) is 1.31. The van der Waals surface area contributed by atoms with Gasteiger partial charge in [-0.05, 0) is 37.1 Å². The first kappa shape index (κ1) is 14.6. The molecule has 6 heteroatoms. The highest BCUT2D eigenvalue weighted by Gasteiger charge is 2.03. The number of carbonyl (C=O) groups excluding carboxylic acids is 1. The van der Waals surface area contributed by atoms with E-state index in [1.54, 1.807) is 36.7 Å². The Balaban J connectivity index is 1.97. The Morgan fingerprint density at radius 3 is 2.60 bits per heavy atom. The predicted octanol–water partition coefficient (Wildman–Crippen LogP) is 2.67. The summed E-state index contributed by atoms with van der Waals surface area (Å²) in [6.07, 6.45) is 5.62. The lowest BCUT2D eigenvalue weighted by molar-refractivity contribution is -0.116. The molecule has 0 unspecified atom stereocenters. The Morgan fingerprint density at radius 1 is 1.25 bits per heavy atom. The number of anilines is 1. The number of hydrogen-bond acceptors (Lipinski definition) is 2. The molecule has 1 amide bonds. The lowest BCUT2D eigenvalue weighted by atomic mass is 10.2. The van der Waals surface area contributed by atoms with E-state index in [2.05, 4.69) is 26.2 Å². The molecular formula is C14H16BrN3O2. The van der Waals surface area contributed by atoms with Crippen molar-refractivity contribution in [2.24, 2.45) is 0 Å². The van der Waals surface area contributed by atoms with Crippen LogP contribution in [0.3, 0.4) is 0 Å². The van der Waals surface area contributed by atoms with E-state index >= 15 is 0 Å². The first-order valence-electron chi connectivity index (χ1n) is 6.43. The van der Waals surface area contributed by atoms with Crippen LogP contribution in [0.1, 0.15) is 19.3 Å². The maximum atomic E-state index is 11.7. The van der Waals surface area contributed by atoms with Crippen LogP contribution in [0.25, 0.3) is 5.69 Å². The van der Waals surface area contributed by atoms with E-state index < -0.39 is 0 Å². The third-order valence-corrected chi connectivity index (χ3v) is 3.43. The summed E-state index contributed by atoms with van der Waals surface area (Å²) in [7, 11) is 0. The second-order valence-electron chi connectivity index (χ2n) is 4.38. The molecule has 2 aromatic rings. The molecule has 5 nitrogen and oxygen atoms in total. The number of amides is 1. The highest BCUT2D eigenvalue weighted by atomic mass is 79.9. The molecule has 0 spiro atoms. The van der Waals surface area contributed by atoms with Crippen LogP contribution in [0.5, 0.6) is 0 Å². The fourth-order valence-electron chi connectivity index (χ4n) is 1.83. The number of rotatable bonds is 6. The molecule has 0 aliphatic heterocycles. The summed E-state index contributed by atoms with van der Waals surface area (Å²) in [5.74, 6) is 0.0116. The van der Waals surface area contributed by atoms with E-state index in [-0.39, 0.29) is 11.6 Å². The molecule has 0 aliphatic carbocycles. The minimum Gasteiger partial charge on any atom is -0.326 e. The van der Waals surface area contributed by atoms with Crippen molar-refractivity contribution >= 4 is 27.5 Å². The first-order valence-corrected chi connectivity index (χ1v) is 7.55. The zero-order chi connectivity index (χ0) is 14.4. The molecule has 20 heavy (non-hydrogen) atoms. The number of hydrogen-bond donors (Lipinski definition) is 2. The topological polar surface area (TPSA) is 66.9 Å². The summed E-state index contributed by atoms with van der Waals surface area (Å²) >= 11 is 3.34. The lowest BCUT2D eigenvalue weighted by Gasteiger charge is -2.06. The van der Waals surface area contributed by atoms with Gasteiger partial charge in [0.2, 0.25) is 5.91 Å². The monoisotopic (exact) mass is 337 g/mol. The number of benzene rings is 1. The van der Waals surface area contributed by atoms with E-state index in [1.807, 2.05) is 0 Å². The summed E-state index contributed by atoms with van der Waals surface area (Å²) in [6, 6.07) is 7.17. The molecule has 0 bridgehead atoms. The second kappa shape index (κ2) is 7.09. The average Bonchev–Trinajstić information content (AvgIpc) is 2.86. The Kier molecular flexibility index (Phi) is 5.17. The van der Waals surface area contributed by atoms with Gasteiger partial charge < -0.3 is 10.3 Å². The van der Waals surface area contributed by atoms with Gasteiger partial charge in [0.1, 0.15) is 0 Å². The van der Waals surface area contributed by atoms with Crippen molar-refractivity contribution in [1.82, 2.24) is 9.55 Å². The number of nitrogens with zero attached hydrogens (tertiary/aromatic N) is 1. The van der Waals surface area contributed by atoms with Crippen LogP contribution in [0.2, 0.25) is 0 Å². The van der Waals surface area contributed by atoms with Crippen molar-refractivity contribution in [2.45, 2.75) is 19.3 Å². The third-order valence-electron chi connectivity index (χ3n) is 2.87. The van der Waals surface area contributed by atoms with Crippen molar-refractivity contribution < 1.29 is 4.79 Å². The van der Waals surface area contributed by atoms with Crippen LogP contribution in [0.15, 0.2) is 41.5 Å². The molecule has 0 saturated heterocycles. The maximum Gasteiger partial charge on any atom is 0.330 e. The minimum atomic E-state index is -0.184. The summed E-state index contributed by atoms with van der Waals surface area (Å²) in [5, 5.41) is 3.76. The fourth-order valence-corrected chi connectivity index (χ4v) is 2.23. The summed E-state index contributed by atoms with van der Waals surface area (Å²) < 4.78 is 1.50. The maximum absolute atomic E-state index is 11.7. The van der Waals surface area contributed by atoms with Crippen LogP contribution in [-0.4, -0.2) is 20.8 Å². The SMILES string of the molecule is O=C(CCCCBr)Nc1ccc(-n2cc[nH]c2=O)cc1. The quantitative estimate of drug-likeness (QED) is 0.628. The fraction of sp³-hybridized carbons (Fsp3) is 0.286. The highest BCUT2D eigenvalue weighted by Crippen LogP contribution is 2.12. The normalized spacial score (nSPS) is 10.4. The number of carbonyl (C=O) groups is 1. The molecule has 1 aromatic carbocycles. The zero-order valence-corrected chi connectivity index (χ0v) is 12.5. The van der Waals surface area contributed by atoms with Gasteiger partial charge in [-0.25, -0.2) is 4.79 Å². The van der Waals surface area contributed by atoms with Gasteiger partial charge in [0.05, 0.1) is 5.69 Å². The van der Waals surface area contributed by atoms with E-state index in [1.165, 1.54) is 4.57 Å². The summed E-state index contributed by atoms with van der Waals surface area (Å²) in [4.78, 5) is 25.7. The standard InChI is InChI=1S/C14H16BrN3O2/c15-8-2-1-3-13(19)17-11-4-6-12(7-5-11)18-10-9-16-14(18)20/h4-7,9-10H,1-3,8H2,(H,16,20)(H,17,19). The number of aromatic amines is 1. The van der Waals surface area contributed by atoms with Crippen LogP contribution in [0.4, 0.5) is 5.69 Å². The first-order chi connectivity index (χ1) is 9.70. The molecule has 0 atom stereocenters. The van der Waals surface area contributed by atoms with Gasteiger partial charge >= 0.3 is 5.69 Å². The lowest BCUT2D eigenvalue weighted by Crippen LogP contribution is -2.14. The summed E-state index contributed by atoms with van der Waals surface area (Å²) in [6.45, 7) is 0. The largest absolute Gasteiger partial charge is 0.330 e. The molecule has 1 heterocycles. The Bertz CT molecular complexity index is 616. The highest BCUT2D eigenvalue weighted by molar-refractivity contribution is 9.09. The van der Waals surface area contributed by atoms with Gasteiger partial charge in [-0.3, -0.25) is 9.36 Å². The van der Waals surface area contributed by atoms with Gasteiger partial charge in [0, 0.05) is 29.8 Å². The molecule has 2 rings (SSSR count). The van der Waals surface area contributed by atoms with E-state index in [0.29, 0.717) is 6.42 Å². The van der Waals surface area contributed by atoms with Crippen molar-refractivity contribution in [3.63, 3.8) is 0 Å². The molecule has 106 valence electrons. The van der Waals surface area contributed by atoms with Gasteiger partial charge in [-0.15, -0.1) is 0 Å². The van der Waals surface area contributed by atoms with E-state index in [9.17, 15) is 9.59 Å². The van der Waals surface area contributed by atoms with Crippen LogP contribution < -0.4 is 11.0 Å². The number of unbranched alkanes of at least 4 members (excludes halogenated alkanes) is 1. The van der Waals surface area contributed by atoms with Gasteiger partial charge in [0.15, 0.2) is 0 Å². The zero-order valence-electron chi connectivity index (χ0n) is 10.9. The second-order valence-corrected chi connectivity index (χ2v) is 5.17. The molecule has 0 fully saturated rings. The smallest absolute Gasteiger partial charge is 0.326 e. The minimum absolute atomic E-state index is 0.0116. The molecular weight excluding hydrogens is 322 g/mol. The van der Waals surface area contributed by atoms with Crippen LogP contribution >= 0.6 is 15.9 Å². The van der Waals surface area contributed by atoms with Crippen LogP contribution in [-0.2, 0) is 4.79 Å². The number of aromatic nitrogens is 2. The molecule has 0 aliphatic rings. The average molecular weight is 338 g/mol. The number of halogens is 1. The van der Waals surface area contributed by atoms with Gasteiger partial charge in [-0.1, -0.05) is 15.9 Å². The molecule has 1 aromatic heterocycles. The van der Waals surface area contributed by atoms with E-state index in [0.717, 1.165) is 29.5 Å². The van der Waals surface area contributed by atoms with Gasteiger partial charge in [0.25, 0.3) is 0 Å². The predicted molar refractivity (Wildman–Crippen MR) is 82.7 cm³/mol. The number of H-pyrrole nitrogens is 1. The van der Waals surface area contributed by atoms with Gasteiger partial charge in [-0.2, -0.15) is 0 Å². The van der Waals surface area contributed by atoms with Crippen molar-refractivity contribution in [1.29, 1.82) is 0 Å². The van der Waals surface area contributed by atoms with Crippen molar-refractivity contribution in [2.75, 3.05) is 10.6 Å². The van der Waals surface area contributed by atoms with Crippen molar-refractivity contribution in [3.8, 4) is 5.69 Å². The van der Waals surface area contributed by atoms with E-state index in [4.69, 9.17) is 0 Å². The van der Waals surface area contributed by atoms with Crippen LogP contribution in [0, 0.1) is 0 Å². The molecule has 0 radical (unpaired) electrons. The number of nitrogens with one attached hydrogen (secondary N) is 2. The molecule has 0 saturated carbocycles.